The number of hydrogen-bond acceptors (Lipinski definition) is 13. The molecule has 7 N–H and O–H groups in total. The molecule has 21 heteroatoms. The van der Waals surface area contributed by atoms with E-state index in [0.29, 0.717) is 0 Å². The highest BCUT2D eigenvalue weighted by Gasteiger charge is 2.45. The zero-order valence-electron chi connectivity index (χ0n) is 22.3. The zero-order chi connectivity index (χ0) is 30.3. The summed E-state index contributed by atoms with van der Waals surface area (Å²) in [6.07, 6.45) is -3.80. The number of ether oxygens (including phenoxy) is 2. The van der Waals surface area contributed by atoms with Crippen molar-refractivity contribution in [1.82, 2.24) is 24.1 Å². The summed E-state index contributed by atoms with van der Waals surface area (Å²) in [5, 5.41) is 29.5. The van der Waals surface area contributed by atoms with Crippen LogP contribution >= 0.6 is 7.82 Å². The van der Waals surface area contributed by atoms with Crippen molar-refractivity contribution in [2.45, 2.75) is 56.6 Å². The average Bonchev–Trinajstić information content (AvgIpc) is 3.60. The van der Waals surface area contributed by atoms with Crippen molar-refractivity contribution in [3.8, 4) is 5.97 Å². The maximum Gasteiger partial charge on any atom is 0.472 e. The lowest BCUT2D eigenvalue weighted by Gasteiger charge is -2.21. The van der Waals surface area contributed by atoms with Crippen LogP contribution in [0.25, 0.3) is 11.2 Å². The van der Waals surface area contributed by atoms with Crippen molar-refractivity contribution < 1.29 is 42.7 Å². The van der Waals surface area contributed by atoms with Gasteiger partial charge in [0.05, 0.1) is 19.3 Å². The molecule has 0 aromatic carbocycles. The standard InChI is InChI=1S/C21H28BN8O11P/c1-9-4-28(21(35)27-18(9)33)14-2-10(32)13(40-14)6-38-42(36,37)41-11-3-15(39-12(11)5-31)29-8-30(22-7-23)16-17(29)25-20(24)26-19(16)34/h4,8,10-15,31-32H,2-3,5-6,22H2,1H3,(H,36,37)(H,27,33,35)(H3,24,25,26,34). The zero-order valence-corrected chi connectivity index (χ0v) is 23.2. The first-order valence-electron chi connectivity index (χ1n) is 12.9. The fraction of sp³-hybridized carbons (Fsp3) is 0.524. The molecule has 7 unspecified atom stereocenters. The van der Waals surface area contributed by atoms with Crippen LogP contribution in [-0.2, 0) is 23.1 Å². The van der Waals surface area contributed by atoms with E-state index in [1.54, 1.807) is 0 Å². The van der Waals surface area contributed by atoms with Crippen molar-refractivity contribution in [2.75, 3.05) is 18.9 Å². The number of H-pyrrole nitrogens is 2. The van der Waals surface area contributed by atoms with E-state index in [9.17, 15) is 39.3 Å². The van der Waals surface area contributed by atoms with Crippen molar-refractivity contribution in [3.05, 3.63) is 49.3 Å². The molecule has 42 heavy (non-hydrogen) atoms. The third-order valence-electron chi connectivity index (χ3n) is 7.13. The average molecular weight is 610 g/mol. The predicted molar refractivity (Wildman–Crippen MR) is 141 cm³/mol. The molecule has 0 amide bonds. The Kier molecular flexibility index (Phi) is 8.20. The molecule has 0 radical (unpaired) electrons. The van der Waals surface area contributed by atoms with Gasteiger partial charge in [-0.1, -0.05) is 0 Å². The topological polar surface area (TPSA) is 274 Å². The Labute approximate surface area is 235 Å². The number of nitrogens with two attached hydrogens (primary N) is 1. The van der Waals surface area contributed by atoms with Gasteiger partial charge in [0.2, 0.25) is 24.0 Å². The number of aliphatic hydroxyl groups is 2. The number of nitriles is 1. The summed E-state index contributed by atoms with van der Waals surface area (Å²) in [4.78, 5) is 55.4. The van der Waals surface area contributed by atoms with Crippen LogP contribution in [0.4, 0.5) is 5.95 Å². The number of rotatable bonds is 9. The Morgan fingerprint density at radius 1 is 1.24 bits per heavy atom. The lowest BCUT2D eigenvalue weighted by Crippen LogP contribution is -2.41. The fourth-order valence-corrected chi connectivity index (χ4v) is 6.07. The SMILES string of the molecule is Cc1cn(C2CC(O)C(COP(=O)(O)OC3CC(n4c[n+]([BH2-]C#N)c5c(=O)[nH]c(N)nc54)OC3CO)O2)c(=O)[nH]c1=O. The molecule has 0 saturated carbocycles. The number of aromatic nitrogens is 6. The minimum Gasteiger partial charge on any atom is -0.414 e. The number of aryl methyl sites for hydroxylation is 1. The predicted octanol–water partition coefficient (Wildman–Crippen LogP) is -3.70. The lowest BCUT2D eigenvalue weighted by atomic mass is 9.98. The highest BCUT2D eigenvalue weighted by molar-refractivity contribution is 7.47. The first-order chi connectivity index (χ1) is 19.9. The molecule has 2 saturated heterocycles. The molecule has 0 bridgehead atoms. The van der Waals surface area contributed by atoms with E-state index in [1.165, 1.54) is 28.5 Å². The maximum absolute atomic E-state index is 12.8. The molecule has 226 valence electrons. The van der Waals surface area contributed by atoms with Crippen LogP contribution in [0, 0.1) is 18.2 Å². The van der Waals surface area contributed by atoms with E-state index in [4.69, 9.17) is 24.3 Å². The van der Waals surface area contributed by atoms with Gasteiger partial charge in [-0.25, -0.2) is 14.6 Å². The number of phosphoric ester groups is 1. The molecule has 19 nitrogen and oxygen atoms in total. The van der Waals surface area contributed by atoms with Gasteiger partial charge in [-0.15, -0.1) is 5.97 Å². The normalized spacial score (nSPS) is 27.3. The van der Waals surface area contributed by atoms with E-state index in [1.807, 2.05) is 0 Å². The van der Waals surface area contributed by atoms with E-state index in [0.717, 1.165) is 4.57 Å². The van der Waals surface area contributed by atoms with E-state index in [2.05, 4.69) is 20.9 Å². The van der Waals surface area contributed by atoms with E-state index >= 15 is 0 Å². The van der Waals surface area contributed by atoms with Gasteiger partial charge in [0.25, 0.3) is 24.2 Å². The van der Waals surface area contributed by atoms with Gasteiger partial charge >= 0.3 is 13.5 Å². The van der Waals surface area contributed by atoms with E-state index in [-0.39, 0.29) is 35.5 Å². The van der Waals surface area contributed by atoms with Gasteiger partial charge in [-0.3, -0.25) is 33.2 Å². The molecule has 2 aliphatic heterocycles. The number of fused-ring (bicyclic) bond motifs is 1. The summed E-state index contributed by atoms with van der Waals surface area (Å²) < 4.78 is 38.7. The minimum atomic E-state index is -4.81. The molecule has 2 fully saturated rings. The van der Waals surface area contributed by atoms with Gasteiger partial charge in [-0.05, 0) is 6.92 Å². The molecule has 7 atom stereocenters. The molecule has 3 aromatic rings. The van der Waals surface area contributed by atoms with Crippen LogP contribution in [0.5, 0.6) is 0 Å². The molecule has 3 aromatic heterocycles. The van der Waals surface area contributed by atoms with Crippen molar-refractivity contribution in [2.24, 2.45) is 0 Å². The summed E-state index contributed by atoms with van der Waals surface area (Å²) in [5.74, 6) is 1.88. The number of hydrogen-bond donors (Lipinski definition) is 6. The highest BCUT2D eigenvalue weighted by atomic mass is 31.2. The van der Waals surface area contributed by atoms with Gasteiger partial charge in [-0.2, -0.15) is 9.55 Å². The first-order valence-corrected chi connectivity index (χ1v) is 14.4. The van der Waals surface area contributed by atoms with Gasteiger partial charge < -0.3 is 34.8 Å². The number of nitrogen functional groups attached to an aromatic ring is 1. The van der Waals surface area contributed by atoms with Crippen LogP contribution in [0.15, 0.2) is 26.9 Å². The molecule has 2 aliphatic rings. The Morgan fingerprint density at radius 2 is 1.95 bits per heavy atom. The largest absolute Gasteiger partial charge is 0.472 e. The Hall–Kier alpha value is -3.67. The number of nitrogens with zero attached hydrogens (tertiary/aromatic N) is 5. The molecular weight excluding hydrogens is 582 g/mol. The third kappa shape index (κ3) is 5.81. The molecular formula is C21H28BN8O11P. The second kappa shape index (κ2) is 11.5. The number of imidazole rings is 1. The number of anilines is 1. The third-order valence-corrected chi connectivity index (χ3v) is 8.14. The summed E-state index contributed by atoms with van der Waals surface area (Å²) >= 11 is 0. The highest BCUT2D eigenvalue weighted by Crippen LogP contribution is 2.49. The molecule has 0 spiro atoms. The van der Waals surface area contributed by atoms with Gasteiger partial charge in [0, 0.05) is 24.6 Å². The number of aromatic amines is 2. The molecule has 5 rings (SSSR count). The molecule has 0 aliphatic carbocycles. The van der Waals surface area contributed by atoms with Crippen LogP contribution < -0.4 is 27.0 Å². The van der Waals surface area contributed by atoms with Crippen LogP contribution in [0.1, 0.15) is 30.9 Å². The lowest BCUT2D eigenvalue weighted by molar-refractivity contribution is -0.499. The molecule has 5 heterocycles. The van der Waals surface area contributed by atoms with Crippen LogP contribution in [0.2, 0.25) is 0 Å². The minimum absolute atomic E-state index is 0.0542. The Bertz CT molecular complexity index is 1770. The van der Waals surface area contributed by atoms with Gasteiger partial charge in [0.1, 0.15) is 24.5 Å². The van der Waals surface area contributed by atoms with E-state index < -0.39 is 82.1 Å². The smallest absolute Gasteiger partial charge is 0.414 e. The first kappa shape index (κ1) is 29.8. The van der Waals surface area contributed by atoms with Crippen molar-refractivity contribution >= 4 is 32.3 Å². The second-order valence-corrected chi connectivity index (χ2v) is 11.5. The summed E-state index contributed by atoms with van der Waals surface area (Å²) in [5.41, 5.74) is 4.29. The number of nitrogens with one attached hydrogen (secondary N) is 2. The van der Waals surface area contributed by atoms with Gasteiger partial charge in [0.15, 0.2) is 0 Å². The van der Waals surface area contributed by atoms with Crippen LogP contribution in [-0.4, -0.2) is 84.2 Å². The quantitative estimate of drug-likeness (QED) is 0.101. The van der Waals surface area contributed by atoms with Crippen molar-refractivity contribution in [1.29, 1.82) is 5.26 Å². The maximum atomic E-state index is 12.8. The second-order valence-electron chi connectivity index (χ2n) is 10.1. The summed E-state index contributed by atoms with van der Waals surface area (Å²) in [6.45, 7) is 0.311. The Morgan fingerprint density at radius 3 is 2.67 bits per heavy atom. The number of phosphoric acid groups is 1. The summed E-state index contributed by atoms with van der Waals surface area (Å²) in [6, 6.07) is 0. The van der Waals surface area contributed by atoms with Crippen LogP contribution in [0.3, 0.4) is 0 Å². The van der Waals surface area contributed by atoms with Crippen molar-refractivity contribution in [3.63, 3.8) is 0 Å². The Balaban J connectivity index is 1.27. The summed E-state index contributed by atoms with van der Waals surface area (Å²) in [7, 11) is -6.25. The monoisotopic (exact) mass is 610 g/mol. The fourth-order valence-electron chi connectivity index (χ4n) is 5.11. The number of aliphatic hydroxyl groups excluding tert-OH is 2.